The van der Waals surface area contributed by atoms with Crippen molar-refractivity contribution in [3.05, 3.63) is 0 Å². The van der Waals surface area contributed by atoms with Gasteiger partial charge in [0.2, 0.25) is 0 Å². The highest BCUT2D eigenvalue weighted by Crippen LogP contribution is 2.36. The zero-order chi connectivity index (χ0) is 7.65. The predicted octanol–water partition coefficient (Wildman–Crippen LogP) is 2.52. The molecule has 0 amide bonds. The lowest BCUT2D eigenvalue weighted by molar-refractivity contribution is 0.240. The molecule has 0 aromatic carbocycles. The predicted molar refractivity (Wildman–Crippen MR) is 41.8 cm³/mol. The molecule has 0 rings (SSSR count). The zero-order valence-corrected chi connectivity index (χ0v) is 7.77. The molecule has 6 heteroatoms. The van der Waals surface area contributed by atoms with Crippen molar-refractivity contribution in [2.24, 2.45) is 0 Å². The molecule has 9 heavy (non-hydrogen) atoms. The molecule has 0 saturated heterocycles. The van der Waals surface area contributed by atoms with E-state index in [4.69, 9.17) is 63.1 Å². The number of hydrogen-bond acceptors (Lipinski definition) is 1. The lowest BCUT2D eigenvalue weighted by Gasteiger charge is -2.21. The molecule has 0 aliphatic heterocycles. The molecular formula is C3H3Cl5O. The van der Waals surface area contributed by atoms with Gasteiger partial charge in [-0.2, -0.15) is 0 Å². The Morgan fingerprint density at radius 3 is 1.44 bits per heavy atom. The van der Waals surface area contributed by atoms with Gasteiger partial charge >= 0.3 is 0 Å². The molecule has 0 aromatic rings. The molecule has 0 radical (unpaired) electrons. The molecule has 0 fully saturated rings. The molecule has 0 heterocycles. The molecular weight excluding hydrogens is 229 g/mol. The maximum Gasteiger partial charge on any atom is 0.187 e. The standard InChI is InChI=1S/C3H3Cl5O/c4-1(5)3(7,8)2(6)9/h1-2,9H. The first-order valence-corrected chi connectivity index (χ1v) is 3.93. The fourth-order valence-electron chi connectivity index (χ4n) is 0.104. The number of alkyl halides is 5. The summed E-state index contributed by atoms with van der Waals surface area (Å²) in [5.74, 6) is 0. The molecule has 0 aliphatic rings. The van der Waals surface area contributed by atoms with Crippen molar-refractivity contribution >= 4 is 58.0 Å². The molecule has 1 unspecified atom stereocenters. The van der Waals surface area contributed by atoms with E-state index in [1.54, 1.807) is 0 Å². The fourth-order valence-corrected chi connectivity index (χ4v) is 0.598. The van der Waals surface area contributed by atoms with Gasteiger partial charge in [0.1, 0.15) is 4.84 Å². The largest absolute Gasteiger partial charge is 0.374 e. The quantitative estimate of drug-likeness (QED) is 0.725. The van der Waals surface area contributed by atoms with E-state index >= 15 is 0 Å². The number of aliphatic hydroxyl groups is 1. The minimum absolute atomic E-state index is 1.12. The van der Waals surface area contributed by atoms with E-state index in [1.165, 1.54) is 0 Å². The first-order valence-electron chi connectivity index (χ1n) is 1.87. The Labute approximate surface area is 77.8 Å². The van der Waals surface area contributed by atoms with Gasteiger partial charge in [-0.15, -0.1) is 23.2 Å². The van der Waals surface area contributed by atoms with Crippen LogP contribution in [0.5, 0.6) is 0 Å². The molecule has 1 N–H and O–H groups in total. The van der Waals surface area contributed by atoms with Gasteiger partial charge in [-0.1, -0.05) is 34.8 Å². The number of hydrogen-bond donors (Lipinski definition) is 1. The topological polar surface area (TPSA) is 20.2 Å². The number of rotatable bonds is 2. The van der Waals surface area contributed by atoms with Crippen LogP contribution in [0, 0.1) is 0 Å². The van der Waals surface area contributed by atoms with Crippen LogP contribution in [0.3, 0.4) is 0 Å². The summed E-state index contributed by atoms with van der Waals surface area (Å²) in [6.45, 7) is 0. The molecule has 56 valence electrons. The maximum absolute atomic E-state index is 8.58. The SMILES string of the molecule is OC(Cl)C(Cl)(Cl)C(Cl)Cl. The summed E-state index contributed by atoms with van der Waals surface area (Å²) in [4.78, 5) is -1.12. The van der Waals surface area contributed by atoms with Crippen LogP contribution in [0.1, 0.15) is 0 Å². The van der Waals surface area contributed by atoms with Crippen LogP contribution in [-0.4, -0.2) is 19.8 Å². The van der Waals surface area contributed by atoms with Gasteiger partial charge in [-0.3, -0.25) is 0 Å². The average Bonchev–Trinajstić information content (AvgIpc) is 1.65. The molecule has 0 aromatic heterocycles. The van der Waals surface area contributed by atoms with Crippen molar-refractivity contribution in [1.29, 1.82) is 0 Å². The smallest absolute Gasteiger partial charge is 0.187 e. The molecule has 0 bridgehead atoms. The third kappa shape index (κ3) is 2.87. The Hall–Kier alpha value is 1.41. The van der Waals surface area contributed by atoms with E-state index in [1.807, 2.05) is 0 Å². The van der Waals surface area contributed by atoms with Crippen LogP contribution in [0.15, 0.2) is 0 Å². The Morgan fingerprint density at radius 2 is 1.44 bits per heavy atom. The van der Waals surface area contributed by atoms with Crippen LogP contribution in [0.4, 0.5) is 0 Å². The van der Waals surface area contributed by atoms with Crippen molar-refractivity contribution < 1.29 is 5.11 Å². The fraction of sp³-hybridized carbons (Fsp3) is 1.00. The molecule has 0 spiro atoms. The van der Waals surface area contributed by atoms with Crippen LogP contribution < -0.4 is 0 Å². The van der Waals surface area contributed by atoms with Crippen molar-refractivity contribution in [3.63, 3.8) is 0 Å². The van der Waals surface area contributed by atoms with Crippen LogP contribution in [0.25, 0.3) is 0 Å². The van der Waals surface area contributed by atoms with E-state index in [2.05, 4.69) is 0 Å². The van der Waals surface area contributed by atoms with Crippen LogP contribution in [0.2, 0.25) is 0 Å². The highest BCUT2D eigenvalue weighted by Gasteiger charge is 2.39. The minimum Gasteiger partial charge on any atom is -0.374 e. The minimum atomic E-state index is -1.70. The third-order valence-electron chi connectivity index (χ3n) is 0.609. The summed E-state index contributed by atoms with van der Waals surface area (Å²) in [5.41, 5.74) is -1.47. The summed E-state index contributed by atoms with van der Waals surface area (Å²) in [7, 11) is 0. The van der Waals surface area contributed by atoms with Gasteiger partial charge in [0.05, 0.1) is 0 Å². The second kappa shape index (κ2) is 3.70. The normalized spacial score (nSPS) is 16.3. The zero-order valence-electron chi connectivity index (χ0n) is 3.99. The van der Waals surface area contributed by atoms with Crippen molar-refractivity contribution in [1.82, 2.24) is 0 Å². The maximum atomic E-state index is 8.58. The van der Waals surface area contributed by atoms with Gasteiger partial charge in [-0.05, 0) is 0 Å². The van der Waals surface area contributed by atoms with Crippen LogP contribution in [-0.2, 0) is 0 Å². The Morgan fingerprint density at radius 1 is 1.11 bits per heavy atom. The Balaban J connectivity index is 4.01. The molecule has 0 aliphatic carbocycles. The van der Waals surface area contributed by atoms with E-state index in [9.17, 15) is 0 Å². The van der Waals surface area contributed by atoms with E-state index in [-0.39, 0.29) is 0 Å². The van der Waals surface area contributed by atoms with Gasteiger partial charge in [0, 0.05) is 0 Å². The summed E-state index contributed by atoms with van der Waals surface area (Å²) in [5, 5.41) is 8.58. The van der Waals surface area contributed by atoms with Crippen LogP contribution >= 0.6 is 58.0 Å². The van der Waals surface area contributed by atoms with Gasteiger partial charge in [0.15, 0.2) is 9.90 Å². The summed E-state index contributed by atoms with van der Waals surface area (Å²) in [6.07, 6.45) is 0. The first-order chi connectivity index (χ1) is 3.89. The van der Waals surface area contributed by atoms with Gasteiger partial charge < -0.3 is 5.11 Å². The molecule has 0 saturated carbocycles. The number of halogens is 5. The second-order valence-electron chi connectivity index (χ2n) is 1.31. The lowest BCUT2D eigenvalue weighted by atomic mass is 10.5. The van der Waals surface area contributed by atoms with Crippen molar-refractivity contribution in [3.8, 4) is 0 Å². The van der Waals surface area contributed by atoms with Crippen molar-refractivity contribution in [2.75, 3.05) is 0 Å². The summed E-state index contributed by atoms with van der Waals surface area (Å²) >= 11 is 26.2. The van der Waals surface area contributed by atoms with E-state index < -0.39 is 14.7 Å². The summed E-state index contributed by atoms with van der Waals surface area (Å²) in [6, 6.07) is 0. The second-order valence-corrected chi connectivity index (χ2v) is 4.26. The van der Waals surface area contributed by atoms with E-state index in [0.29, 0.717) is 0 Å². The Bertz CT molecular complexity index is 80.2. The van der Waals surface area contributed by atoms with Gasteiger partial charge in [-0.25, -0.2) is 0 Å². The highest BCUT2D eigenvalue weighted by atomic mass is 35.5. The molecule has 1 atom stereocenters. The lowest BCUT2D eigenvalue weighted by Crippen LogP contribution is -2.32. The first kappa shape index (κ1) is 10.4. The molecule has 1 nitrogen and oxygen atoms in total. The third-order valence-corrected chi connectivity index (χ3v) is 3.16. The highest BCUT2D eigenvalue weighted by molar-refractivity contribution is 6.61. The van der Waals surface area contributed by atoms with Gasteiger partial charge in [0.25, 0.3) is 0 Å². The van der Waals surface area contributed by atoms with E-state index in [0.717, 1.165) is 0 Å². The average molecular weight is 232 g/mol. The summed E-state index contributed by atoms with van der Waals surface area (Å²) < 4.78 is -1.70. The Kier molecular flexibility index (Phi) is 4.28. The van der Waals surface area contributed by atoms with Crippen molar-refractivity contribution in [2.45, 2.75) is 14.7 Å². The monoisotopic (exact) mass is 230 g/mol. The number of aliphatic hydroxyl groups excluding tert-OH is 1.